The molecule has 0 aliphatic heterocycles. The summed E-state index contributed by atoms with van der Waals surface area (Å²) in [7, 11) is 1.46. The zero-order chi connectivity index (χ0) is 18.5. The third-order valence-electron chi connectivity index (χ3n) is 4.45. The highest BCUT2D eigenvalue weighted by molar-refractivity contribution is 7.98. The molecule has 1 aliphatic carbocycles. The second-order valence-electron chi connectivity index (χ2n) is 6.16. The maximum absolute atomic E-state index is 14.5. The van der Waals surface area contributed by atoms with Crippen molar-refractivity contribution in [3.63, 3.8) is 0 Å². The normalized spacial score (nSPS) is 14.3. The summed E-state index contributed by atoms with van der Waals surface area (Å²) in [6, 6.07) is 10.1. The molecule has 6 heteroatoms. The average Bonchev–Trinajstić information content (AvgIpc) is 3.16. The molecule has 3 rings (SSSR count). The second-order valence-corrected chi connectivity index (χ2v) is 7.01. The van der Waals surface area contributed by atoms with Gasteiger partial charge in [-0.2, -0.15) is 0 Å². The summed E-state index contributed by atoms with van der Waals surface area (Å²) in [6.07, 6.45) is 6.17. The Bertz CT molecular complexity index is 791. The minimum Gasteiger partial charge on any atom is -0.493 e. The summed E-state index contributed by atoms with van der Waals surface area (Å²) >= 11 is 1.51. The molecule has 4 nitrogen and oxygen atoms in total. The Kier molecular flexibility index (Phi) is 6.04. The van der Waals surface area contributed by atoms with Gasteiger partial charge in [0.25, 0.3) is 5.91 Å². The maximum atomic E-state index is 14.5. The van der Waals surface area contributed by atoms with Crippen LogP contribution in [0.1, 0.15) is 36.0 Å². The minimum atomic E-state index is -0.639. The molecule has 0 bridgehead atoms. The summed E-state index contributed by atoms with van der Waals surface area (Å²) in [6.45, 7) is 0. The lowest BCUT2D eigenvalue weighted by molar-refractivity contribution is 0.102. The standard InChI is InChI=1S/C20H22FNO3S/c1-24-17-12-15(21)14(11-18(17)25-13-7-3-4-8-13)20(23)22-16-9-5-6-10-19(16)26-2/h5-6,9-13H,3-4,7-8H2,1-2H3,(H,22,23). The Morgan fingerprint density at radius 1 is 1.19 bits per heavy atom. The topological polar surface area (TPSA) is 47.6 Å². The Balaban J connectivity index is 1.86. The number of thioether (sulfide) groups is 1. The molecule has 2 aromatic carbocycles. The van der Waals surface area contributed by atoms with Gasteiger partial charge in [0, 0.05) is 11.0 Å². The molecule has 0 spiro atoms. The van der Waals surface area contributed by atoms with Gasteiger partial charge in [-0.05, 0) is 50.1 Å². The molecule has 0 radical (unpaired) electrons. The molecule has 1 saturated carbocycles. The van der Waals surface area contributed by atoms with Crippen molar-refractivity contribution in [1.82, 2.24) is 0 Å². The van der Waals surface area contributed by atoms with E-state index in [0.717, 1.165) is 30.6 Å². The molecule has 26 heavy (non-hydrogen) atoms. The smallest absolute Gasteiger partial charge is 0.258 e. The molecule has 2 aromatic rings. The van der Waals surface area contributed by atoms with Crippen LogP contribution in [-0.2, 0) is 0 Å². The molecule has 0 saturated heterocycles. The predicted molar refractivity (Wildman–Crippen MR) is 102 cm³/mol. The molecule has 0 heterocycles. The minimum absolute atomic E-state index is 0.0605. The van der Waals surface area contributed by atoms with Crippen LogP contribution in [0.25, 0.3) is 0 Å². The largest absolute Gasteiger partial charge is 0.493 e. The monoisotopic (exact) mass is 375 g/mol. The second kappa shape index (κ2) is 8.45. The zero-order valence-corrected chi connectivity index (χ0v) is 15.7. The molecule has 0 unspecified atom stereocenters. The molecule has 138 valence electrons. The lowest BCUT2D eigenvalue weighted by atomic mass is 10.1. The van der Waals surface area contributed by atoms with Gasteiger partial charge in [-0.3, -0.25) is 4.79 Å². The number of amides is 1. The number of benzene rings is 2. The summed E-state index contributed by atoms with van der Waals surface area (Å²) in [5.41, 5.74) is 0.591. The van der Waals surface area contributed by atoms with E-state index in [9.17, 15) is 9.18 Å². The summed E-state index contributed by atoms with van der Waals surface area (Å²) in [5, 5.41) is 2.78. The molecular weight excluding hydrogens is 353 g/mol. The van der Waals surface area contributed by atoms with Crippen molar-refractivity contribution in [1.29, 1.82) is 0 Å². The highest BCUT2D eigenvalue weighted by Crippen LogP contribution is 2.34. The van der Waals surface area contributed by atoms with Crippen LogP contribution in [0.2, 0.25) is 0 Å². The highest BCUT2D eigenvalue weighted by atomic mass is 32.2. The van der Waals surface area contributed by atoms with Gasteiger partial charge in [-0.25, -0.2) is 4.39 Å². The van der Waals surface area contributed by atoms with Crippen LogP contribution in [-0.4, -0.2) is 25.4 Å². The van der Waals surface area contributed by atoms with E-state index in [4.69, 9.17) is 9.47 Å². The van der Waals surface area contributed by atoms with Crippen LogP contribution in [0.3, 0.4) is 0 Å². The Morgan fingerprint density at radius 3 is 2.62 bits per heavy atom. The fourth-order valence-electron chi connectivity index (χ4n) is 3.08. The number of hydrogen-bond donors (Lipinski definition) is 1. The predicted octanol–water partition coefficient (Wildman–Crippen LogP) is 5.13. The summed E-state index contributed by atoms with van der Waals surface area (Å²) in [4.78, 5) is 13.5. The van der Waals surface area contributed by atoms with Gasteiger partial charge in [0.15, 0.2) is 11.5 Å². The molecule has 0 aromatic heterocycles. The number of anilines is 1. The number of carbonyl (C=O) groups excluding carboxylic acids is 1. The van der Waals surface area contributed by atoms with E-state index < -0.39 is 11.7 Å². The van der Waals surface area contributed by atoms with Crippen LogP contribution in [0.4, 0.5) is 10.1 Å². The van der Waals surface area contributed by atoms with Crippen molar-refractivity contribution in [3.8, 4) is 11.5 Å². The molecular formula is C20H22FNO3S. The van der Waals surface area contributed by atoms with Crippen molar-refractivity contribution in [2.75, 3.05) is 18.7 Å². The first kappa shape index (κ1) is 18.6. The van der Waals surface area contributed by atoms with E-state index in [0.29, 0.717) is 17.2 Å². The van der Waals surface area contributed by atoms with E-state index in [2.05, 4.69) is 5.32 Å². The lowest BCUT2D eigenvalue weighted by Crippen LogP contribution is -2.16. The molecule has 1 fully saturated rings. The SMILES string of the molecule is COc1cc(F)c(C(=O)Nc2ccccc2SC)cc1OC1CCCC1. The van der Waals surface area contributed by atoms with Gasteiger partial charge >= 0.3 is 0 Å². The van der Waals surface area contributed by atoms with Crippen LogP contribution < -0.4 is 14.8 Å². The van der Waals surface area contributed by atoms with Gasteiger partial charge in [0.2, 0.25) is 0 Å². The lowest BCUT2D eigenvalue weighted by Gasteiger charge is -2.17. The molecule has 0 atom stereocenters. The molecule has 1 aliphatic rings. The van der Waals surface area contributed by atoms with Crippen molar-refractivity contribution < 1.29 is 18.7 Å². The third-order valence-corrected chi connectivity index (χ3v) is 5.24. The van der Waals surface area contributed by atoms with Gasteiger partial charge in [-0.15, -0.1) is 11.8 Å². The van der Waals surface area contributed by atoms with Crippen LogP contribution in [0.15, 0.2) is 41.3 Å². The number of rotatable bonds is 6. The van der Waals surface area contributed by atoms with Gasteiger partial charge in [-0.1, -0.05) is 12.1 Å². The van der Waals surface area contributed by atoms with Gasteiger partial charge in [0.1, 0.15) is 5.82 Å². The van der Waals surface area contributed by atoms with E-state index in [1.165, 1.54) is 31.0 Å². The first-order valence-electron chi connectivity index (χ1n) is 8.61. The first-order valence-corrected chi connectivity index (χ1v) is 9.83. The number of halogens is 1. The van der Waals surface area contributed by atoms with Crippen molar-refractivity contribution in [2.45, 2.75) is 36.7 Å². The van der Waals surface area contributed by atoms with Crippen molar-refractivity contribution in [3.05, 3.63) is 47.8 Å². The Morgan fingerprint density at radius 2 is 1.92 bits per heavy atom. The van der Waals surface area contributed by atoms with Crippen LogP contribution in [0.5, 0.6) is 11.5 Å². The third kappa shape index (κ3) is 4.12. The maximum Gasteiger partial charge on any atom is 0.258 e. The molecule has 1 N–H and O–H groups in total. The number of nitrogens with one attached hydrogen (secondary N) is 1. The van der Waals surface area contributed by atoms with Crippen LogP contribution in [0, 0.1) is 5.82 Å². The Labute approximate surface area is 157 Å². The summed E-state index contributed by atoms with van der Waals surface area (Å²) < 4.78 is 25.7. The van der Waals surface area contributed by atoms with E-state index >= 15 is 0 Å². The fraction of sp³-hybridized carbons (Fsp3) is 0.350. The van der Waals surface area contributed by atoms with Crippen LogP contribution >= 0.6 is 11.8 Å². The van der Waals surface area contributed by atoms with Gasteiger partial charge in [0.05, 0.1) is 24.5 Å². The van der Waals surface area contributed by atoms with E-state index in [1.807, 2.05) is 24.5 Å². The zero-order valence-electron chi connectivity index (χ0n) is 14.9. The summed E-state index contributed by atoms with van der Waals surface area (Å²) in [5.74, 6) is -0.442. The van der Waals surface area contributed by atoms with Crippen molar-refractivity contribution >= 4 is 23.4 Å². The first-order chi connectivity index (χ1) is 12.6. The molecule has 1 amide bonds. The Hall–Kier alpha value is -2.21. The number of methoxy groups -OCH3 is 1. The van der Waals surface area contributed by atoms with E-state index in [-0.39, 0.29) is 11.7 Å². The van der Waals surface area contributed by atoms with Gasteiger partial charge < -0.3 is 14.8 Å². The van der Waals surface area contributed by atoms with E-state index in [1.54, 1.807) is 6.07 Å². The fourth-order valence-corrected chi connectivity index (χ4v) is 3.64. The average molecular weight is 375 g/mol. The quantitative estimate of drug-likeness (QED) is 0.711. The number of carbonyl (C=O) groups is 1. The highest BCUT2D eigenvalue weighted by Gasteiger charge is 2.22. The number of para-hydroxylation sites is 1. The van der Waals surface area contributed by atoms with Crippen molar-refractivity contribution in [2.24, 2.45) is 0 Å². The number of ether oxygens (including phenoxy) is 2. The number of hydrogen-bond acceptors (Lipinski definition) is 4.